The maximum atomic E-state index is 4.34. The van der Waals surface area contributed by atoms with Crippen LogP contribution in [0.2, 0.25) is 0 Å². The minimum Gasteiger partial charge on any atom is -0.366 e. The molecule has 1 heterocycles. The quantitative estimate of drug-likeness (QED) is 0.774. The van der Waals surface area contributed by atoms with Crippen LogP contribution in [-0.4, -0.2) is 16.2 Å². The number of aromatic amines is 1. The van der Waals surface area contributed by atoms with Crippen molar-refractivity contribution in [2.75, 3.05) is 5.32 Å². The molecule has 0 saturated carbocycles. The van der Waals surface area contributed by atoms with Gasteiger partial charge in [-0.3, -0.25) is 5.10 Å². The normalized spacial score (nSPS) is 20.1. The van der Waals surface area contributed by atoms with Crippen LogP contribution in [0.5, 0.6) is 0 Å². The molecule has 3 heteroatoms. The summed E-state index contributed by atoms with van der Waals surface area (Å²) in [5.41, 5.74) is 2.79. The van der Waals surface area contributed by atoms with Gasteiger partial charge in [0.15, 0.2) is 5.82 Å². The lowest BCUT2D eigenvalue weighted by Gasteiger charge is -2.07. The van der Waals surface area contributed by atoms with Crippen LogP contribution in [0.25, 0.3) is 0 Å². The summed E-state index contributed by atoms with van der Waals surface area (Å²) in [7, 11) is 0. The molecule has 2 rings (SSSR count). The lowest BCUT2D eigenvalue weighted by atomic mass is 10.1. The summed E-state index contributed by atoms with van der Waals surface area (Å²) < 4.78 is 0. The van der Waals surface area contributed by atoms with Crippen molar-refractivity contribution in [1.82, 2.24) is 10.2 Å². The van der Waals surface area contributed by atoms with Gasteiger partial charge in [-0.15, -0.1) is 0 Å². The zero-order chi connectivity index (χ0) is 10.1. The molecule has 0 aromatic carbocycles. The monoisotopic (exact) mass is 193 g/mol. The van der Waals surface area contributed by atoms with Crippen LogP contribution >= 0.6 is 0 Å². The molecule has 0 bridgehead atoms. The van der Waals surface area contributed by atoms with E-state index in [1.807, 2.05) is 0 Å². The highest BCUT2D eigenvalue weighted by Crippen LogP contribution is 2.37. The second kappa shape index (κ2) is 3.64. The van der Waals surface area contributed by atoms with Crippen molar-refractivity contribution < 1.29 is 0 Å². The van der Waals surface area contributed by atoms with Crippen LogP contribution in [0.3, 0.4) is 0 Å². The van der Waals surface area contributed by atoms with E-state index in [1.54, 1.807) is 0 Å². The number of nitrogens with one attached hydrogen (secondary N) is 2. The number of nitrogens with zero attached hydrogens (tertiary/aromatic N) is 1. The Hall–Kier alpha value is -0.990. The zero-order valence-corrected chi connectivity index (χ0v) is 9.22. The van der Waals surface area contributed by atoms with E-state index in [1.165, 1.54) is 30.5 Å². The van der Waals surface area contributed by atoms with E-state index in [4.69, 9.17) is 0 Å². The number of fused-ring (bicyclic) bond motifs is 1. The fourth-order valence-electron chi connectivity index (χ4n) is 2.23. The Morgan fingerprint density at radius 1 is 1.57 bits per heavy atom. The highest BCUT2D eigenvalue weighted by atomic mass is 15.2. The topological polar surface area (TPSA) is 40.7 Å². The van der Waals surface area contributed by atoms with E-state index >= 15 is 0 Å². The van der Waals surface area contributed by atoms with E-state index in [-0.39, 0.29) is 0 Å². The van der Waals surface area contributed by atoms with Crippen molar-refractivity contribution in [1.29, 1.82) is 0 Å². The van der Waals surface area contributed by atoms with Crippen LogP contribution in [0, 0.1) is 0 Å². The van der Waals surface area contributed by atoms with Crippen LogP contribution in [0.1, 0.15) is 50.8 Å². The summed E-state index contributed by atoms with van der Waals surface area (Å²) in [5, 5.41) is 10.9. The molecule has 1 aliphatic carbocycles. The highest BCUT2D eigenvalue weighted by Gasteiger charge is 2.26. The summed E-state index contributed by atoms with van der Waals surface area (Å²) >= 11 is 0. The average molecular weight is 193 g/mol. The number of H-pyrrole nitrogens is 1. The maximum absolute atomic E-state index is 4.34. The Morgan fingerprint density at radius 2 is 2.36 bits per heavy atom. The molecule has 0 aliphatic heterocycles. The van der Waals surface area contributed by atoms with E-state index in [0.717, 1.165) is 5.82 Å². The first-order valence-corrected chi connectivity index (χ1v) is 5.56. The fraction of sp³-hybridized carbons (Fsp3) is 0.727. The summed E-state index contributed by atoms with van der Waals surface area (Å²) in [6.45, 7) is 6.54. The Labute approximate surface area is 85.3 Å². The molecule has 0 spiro atoms. The van der Waals surface area contributed by atoms with Crippen molar-refractivity contribution in [3.63, 3.8) is 0 Å². The molecule has 14 heavy (non-hydrogen) atoms. The minimum atomic E-state index is 0.461. The molecule has 2 N–H and O–H groups in total. The molecule has 3 nitrogen and oxygen atoms in total. The van der Waals surface area contributed by atoms with Gasteiger partial charge < -0.3 is 5.32 Å². The summed E-state index contributed by atoms with van der Waals surface area (Å²) in [4.78, 5) is 0. The van der Waals surface area contributed by atoms with Gasteiger partial charge in [0.25, 0.3) is 0 Å². The molecule has 0 saturated heterocycles. The van der Waals surface area contributed by atoms with Gasteiger partial charge in [0.1, 0.15) is 0 Å². The van der Waals surface area contributed by atoms with Gasteiger partial charge in [-0.25, -0.2) is 0 Å². The molecule has 1 aromatic heterocycles. The van der Waals surface area contributed by atoms with E-state index in [2.05, 4.69) is 36.3 Å². The maximum Gasteiger partial charge on any atom is 0.151 e. The van der Waals surface area contributed by atoms with Gasteiger partial charge in [-0.05, 0) is 33.1 Å². The van der Waals surface area contributed by atoms with E-state index in [0.29, 0.717) is 12.0 Å². The smallest absolute Gasteiger partial charge is 0.151 e. The number of anilines is 1. The third kappa shape index (κ3) is 1.51. The molecule has 1 unspecified atom stereocenters. The molecular weight excluding hydrogens is 174 g/mol. The highest BCUT2D eigenvalue weighted by molar-refractivity contribution is 5.50. The van der Waals surface area contributed by atoms with Gasteiger partial charge in [0.05, 0.1) is 0 Å². The van der Waals surface area contributed by atoms with Gasteiger partial charge in [0, 0.05) is 23.2 Å². The number of hydrogen-bond donors (Lipinski definition) is 2. The lowest BCUT2D eigenvalue weighted by molar-refractivity contribution is 0.634. The largest absolute Gasteiger partial charge is 0.366 e. The minimum absolute atomic E-state index is 0.461. The molecule has 1 aromatic rings. The molecule has 78 valence electrons. The molecule has 0 radical (unpaired) electrons. The van der Waals surface area contributed by atoms with Crippen molar-refractivity contribution in [3.05, 3.63) is 11.3 Å². The predicted octanol–water partition coefficient (Wildman–Crippen LogP) is 2.67. The van der Waals surface area contributed by atoms with Crippen molar-refractivity contribution in [2.24, 2.45) is 0 Å². The van der Waals surface area contributed by atoms with Crippen LogP contribution in [0.15, 0.2) is 0 Å². The van der Waals surface area contributed by atoms with Gasteiger partial charge in [0.2, 0.25) is 0 Å². The first kappa shape index (κ1) is 9.56. The number of rotatable bonds is 3. The lowest BCUT2D eigenvalue weighted by Crippen LogP contribution is -2.11. The third-order valence-electron chi connectivity index (χ3n) is 2.97. The zero-order valence-electron chi connectivity index (χ0n) is 9.22. The Balaban J connectivity index is 2.22. The predicted molar refractivity (Wildman–Crippen MR) is 58.7 cm³/mol. The fourth-order valence-corrected chi connectivity index (χ4v) is 2.23. The summed E-state index contributed by atoms with van der Waals surface area (Å²) in [5.74, 6) is 1.78. The number of hydrogen-bond acceptors (Lipinski definition) is 2. The van der Waals surface area contributed by atoms with Crippen molar-refractivity contribution >= 4 is 5.82 Å². The van der Waals surface area contributed by atoms with Gasteiger partial charge >= 0.3 is 0 Å². The van der Waals surface area contributed by atoms with E-state index < -0.39 is 0 Å². The number of aromatic nitrogens is 2. The SMILES string of the molecule is CCC1CCc2c(NC(C)C)n[nH]c21. The summed E-state index contributed by atoms with van der Waals surface area (Å²) in [6.07, 6.45) is 3.68. The second-order valence-electron chi connectivity index (χ2n) is 4.41. The van der Waals surface area contributed by atoms with E-state index in [9.17, 15) is 0 Å². The second-order valence-corrected chi connectivity index (χ2v) is 4.41. The van der Waals surface area contributed by atoms with Crippen LogP contribution in [0.4, 0.5) is 5.82 Å². The Bertz CT molecular complexity index is 314. The average Bonchev–Trinajstić information content (AvgIpc) is 2.67. The van der Waals surface area contributed by atoms with Crippen LogP contribution in [-0.2, 0) is 6.42 Å². The van der Waals surface area contributed by atoms with Gasteiger partial charge in [-0.1, -0.05) is 6.92 Å². The Morgan fingerprint density at radius 3 is 3.00 bits per heavy atom. The summed E-state index contributed by atoms with van der Waals surface area (Å²) in [6, 6.07) is 0.461. The Kier molecular flexibility index (Phi) is 2.48. The van der Waals surface area contributed by atoms with Crippen LogP contribution < -0.4 is 5.32 Å². The third-order valence-corrected chi connectivity index (χ3v) is 2.97. The van der Waals surface area contributed by atoms with Crippen molar-refractivity contribution in [3.8, 4) is 0 Å². The standard InChI is InChI=1S/C11H19N3/c1-4-8-5-6-9-10(8)13-14-11(9)12-7(2)3/h7-8H,4-6H2,1-3H3,(H2,12,13,14). The molecular formula is C11H19N3. The first-order chi connectivity index (χ1) is 6.72. The molecule has 1 atom stereocenters. The first-order valence-electron chi connectivity index (χ1n) is 5.56. The molecule has 1 aliphatic rings. The van der Waals surface area contributed by atoms with Gasteiger partial charge in [-0.2, -0.15) is 5.10 Å². The molecule has 0 fully saturated rings. The van der Waals surface area contributed by atoms with Crippen molar-refractivity contribution in [2.45, 2.75) is 52.0 Å². The molecule has 0 amide bonds.